The van der Waals surface area contributed by atoms with Crippen LogP contribution in [0.15, 0.2) is 78.9 Å². The van der Waals surface area contributed by atoms with Gasteiger partial charge in [0.1, 0.15) is 0 Å². The fourth-order valence-corrected chi connectivity index (χ4v) is 3.27. The summed E-state index contributed by atoms with van der Waals surface area (Å²) < 4.78 is 0. The van der Waals surface area contributed by atoms with Gasteiger partial charge in [-0.15, -0.1) is 0 Å². The van der Waals surface area contributed by atoms with Crippen LogP contribution in [0.4, 0.5) is 11.4 Å². The maximum absolute atomic E-state index is 12.7. The molecular formula is C23H18N2O3. The lowest BCUT2D eigenvalue weighted by molar-refractivity contribution is -0.136. The molecule has 0 fully saturated rings. The molecule has 3 aromatic rings. The van der Waals surface area contributed by atoms with Gasteiger partial charge in [0.05, 0.1) is 17.7 Å². The first-order chi connectivity index (χ1) is 13.6. The molecule has 0 saturated heterocycles. The van der Waals surface area contributed by atoms with E-state index in [1.165, 1.54) is 0 Å². The van der Waals surface area contributed by atoms with Gasteiger partial charge in [-0.25, -0.2) is 0 Å². The van der Waals surface area contributed by atoms with Crippen molar-refractivity contribution in [1.82, 2.24) is 0 Å². The number of para-hydroxylation sites is 1. The summed E-state index contributed by atoms with van der Waals surface area (Å²) in [6.07, 6.45) is -0.0251. The summed E-state index contributed by atoms with van der Waals surface area (Å²) in [4.78, 5) is 23.6. The Morgan fingerprint density at radius 3 is 2.29 bits per heavy atom. The largest absolute Gasteiger partial charge is 0.481 e. The zero-order chi connectivity index (χ0) is 19.5. The number of hydrogen-bond donors (Lipinski definition) is 3. The fraction of sp³-hybridized carbons (Fsp3) is 0.0435. The van der Waals surface area contributed by atoms with Gasteiger partial charge in [0.25, 0.3) is 5.91 Å². The van der Waals surface area contributed by atoms with E-state index in [1.807, 2.05) is 66.7 Å². The third kappa shape index (κ3) is 3.50. The molecule has 0 radical (unpaired) electrons. The van der Waals surface area contributed by atoms with Crippen molar-refractivity contribution in [3.05, 3.63) is 95.6 Å². The molecule has 0 aliphatic carbocycles. The van der Waals surface area contributed by atoms with Crippen molar-refractivity contribution in [2.45, 2.75) is 6.42 Å². The Bertz CT molecular complexity index is 1070. The van der Waals surface area contributed by atoms with E-state index in [4.69, 9.17) is 5.11 Å². The number of hydrogen-bond acceptors (Lipinski definition) is 3. The van der Waals surface area contributed by atoms with Gasteiger partial charge in [-0.2, -0.15) is 0 Å². The van der Waals surface area contributed by atoms with Crippen molar-refractivity contribution >= 4 is 34.5 Å². The first-order valence-corrected chi connectivity index (χ1v) is 8.90. The smallest absolute Gasteiger partial charge is 0.307 e. The van der Waals surface area contributed by atoms with Gasteiger partial charge in [0.15, 0.2) is 0 Å². The van der Waals surface area contributed by atoms with E-state index in [-0.39, 0.29) is 12.3 Å². The molecule has 1 amide bonds. The van der Waals surface area contributed by atoms with Crippen molar-refractivity contribution in [3.63, 3.8) is 0 Å². The van der Waals surface area contributed by atoms with Gasteiger partial charge in [-0.1, -0.05) is 60.7 Å². The third-order valence-electron chi connectivity index (χ3n) is 4.56. The molecule has 0 saturated carbocycles. The molecule has 4 rings (SSSR count). The summed E-state index contributed by atoms with van der Waals surface area (Å²) in [5, 5.41) is 15.2. The van der Waals surface area contributed by atoms with Crippen molar-refractivity contribution < 1.29 is 14.7 Å². The first-order valence-electron chi connectivity index (χ1n) is 8.90. The molecule has 5 nitrogen and oxygen atoms in total. The second kappa shape index (κ2) is 7.40. The first kappa shape index (κ1) is 17.5. The van der Waals surface area contributed by atoms with Crippen LogP contribution in [0.3, 0.4) is 0 Å². The summed E-state index contributed by atoms with van der Waals surface area (Å²) in [6.45, 7) is 0. The van der Waals surface area contributed by atoms with Gasteiger partial charge in [0.2, 0.25) is 0 Å². The Balaban J connectivity index is 1.78. The zero-order valence-corrected chi connectivity index (χ0v) is 15.0. The van der Waals surface area contributed by atoms with Gasteiger partial charge < -0.3 is 15.7 Å². The van der Waals surface area contributed by atoms with Crippen LogP contribution in [0.25, 0.3) is 11.3 Å². The van der Waals surface area contributed by atoms with Gasteiger partial charge in [-0.3, -0.25) is 9.59 Å². The number of carboxylic acids is 1. The van der Waals surface area contributed by atoms with Crippen LogP contribution in [-0.4, -0.2) is 17.0 Å². The molecule has 1 aliphatic heterocycles. The molecule has 1 heterocycles. The van der Waals surface area contributed by atoms with E-state index in [1.54, 1.807) is 12.1 Å². The highest BCUT2D eigenvalue weighted by atomic mass is 16.4. The molecule has 5 heteroatoms. The van der Waals surface area contributed by atoms with Crippen LogP contribution in [0, 0.1) is 0 Å². The number of rotatable bonds is 5. The van der Waals surface area contributed by atoms with E-state index in [2.05, 4.69) is 10.6 Å². The molecule has 0 bridgehead atoms. The van der Waals surface area contributed by atoms with Crippen LogP contribution >= 0.6 is 0 Å². The number of carbonyl (C=O) groups excluding carboxylic acids is 1. The fourth-order valence-electron chi connectivity index (χ4n) is 3.27. The Kier molecular flexibility index (Phi) is 4.64. The standard InChI is InChI=1S/C23H18N2O3/c26-20(27)14-15-10-12-17(13-11-15)24-22(16-6-2-1-3-7-16)21-18-8-4-5-9-19(18)25-23(21)28/h1-13,24H,14H2,(H,25,28)(H,26,27). The van der Waals surface area contributed by atoms with Gasteiger partial charge in [0, 0.05) is 16.9 Å². The van der Waals surface area contributed by atoms with Crippen molar-refractivity contribution in [3.8, 4) is 0 Å². The minimum atomic E-state index is -0.868. The molecule has 3 aromatic carbocycles. The highest BCUT2D eigenvalue weighted by Gasteiger charge is 2.27. The Labute approximate surface area is 162 Å². The van der Waals surface area contributed by atoms with Crippen LogP contribution in [0.5, 0.6) is 0 Å². The quantitative estimate of drug-likeness (QED) is 0.587. The summed E-state index contributed by atoms with van der Waals surface area (Å²) >= 11 is 0. The van der Waals surface area contributed by atoms with Crippen molar-refractivity contribution in [1.29, 1.82) is 0 Å². The predicted molar refractivity (Wildman–Crippen MR) is 110 cm³/mol. The third-order valence-corrected chi connectivity index (χ3v) is 4.56. The van der Waals surface area contributed by atoms with Crippen molar-refractivity contribution in [2.24, 2.45) is 0 Å². The summed E-state index contributed by atoms with van der Waals surface area (Å²) in [7, 11) is 0. The maximum atomic E-state index is 12.7. The lowest BCUT2D eigenvalue weighted by Crippen LogP contribution is -2.10. The van der Waals surface area contributed by atoms with Crippen LogP contribution in [0.2, 0.25) is 0 Å². The summed E-state index contributed by atoms with van der Waals surface area (Å²) in [5.74, 6) is -1.03. The van der Waals surface area contributed by atoms with Gasteiger partial charge >= 0.3 is 5.97 Å². The number of carbonyl (C=O) groups is 2. The van der Waals surface area contributed by atoms with E-state index < -0.39 is 5.97 Å². The average Bonchev–Trinajstić information content (AvgIpc) is 3.03. The number of aliphatic carboxylic acids is 1. The SMILES string of the molecule is O=C(O)Cc1ccc(NC(=C2C(=O)Nc3ccccc32)c2ccccc2)cc1. The number of anilines is 2. The normalized spacial score (nSPS) is 14.2. The highest BCUT2D eigenvalue weighted by Crippen LogP contribution is 2.37. The average molecular weight is 370 g/mol. The number of amides is 1. The van der Waals surface area contributed by atoms with Crippen LogP contribution < -0.4 is 10.6 Å². The van der Waals surface area contributed by atoms with Crippen LogP contribution in [0.1, 0.15) is 16.7 Å². The molecular weight excluding hydrogens is 352 g/mol. The monoisotopic (exact) mass is 370 g/mol. The Hall–Kier alpha value is -3.86. The minimum Gasteiger partial charge on any atom is -0.481 e. The predicted octanol–water partition coefficient (Wildman–Crippen LogP) is 4.25. The second-order valence-corrected chi connectivity index (χ2v) is 6.51. The maximum Gasteiger partial charge on any atom is 0.307 e. The summed E-state index contributed by atoms with van der Waals surface area (Å²) in [6, 6.07) is 24.4. The minimum absolute atomic E-state index is 0.0251. The van der Waals surface area contributed by atoms with E-state index >= 15 is 0 Å². The van der Waals surface area contributed by atoms with Crippen molar-refractivity contribution in [2.75, 3.05) is 10.6 Å². The highest BCUT2D eigenvalue weighted by molar-refractivity contribution is 6.37. The summed E-state index contributed by atoms with van der Waals surface area (Å²) in [5.41, 5.74) is 5.30. The molecule has 0 aromatic heterocycles. The second-order valence-electron chi connectivity index (χ2n) is 6.51. The topological polar surface area (TPSA) is 78.4 Å². The lowest BCUT2D eigenvalue weighted by Gasteiger charge is -2.15. The molecule has 3 N–H and O–H groups in total. The zero-order valence-electron chi connectivity index (χ0n) is 15.0. The molecule has 0 spiro atoms. The lowest BCUT2D eigenvalue weighted by atomic mass is 10.00. The van der Waals surface area contributed by atoms with E-state index in [0.29, 0.717) is 11.3 Å². The number of carboxylic acid groups (broad SMARTS) is 1. The van der Waals surface area contributed by atoms with Crippen LogP contribution in [-0.2, 0) is 16.0 Å². The number of benzene rings is 3. The van der Waals surface area contributed by atoms with E-state index in [0.717, 1.165) is 28.1 Å². The van der Waals surface area contributed by atoms with E-state index in [9.17, 15) is 9.59 Å². The molecule has 1 aliphatic rings. The number of fused-ring (bicyclic) bond motifs is 1. The molecule has 138 valence electrons. The molecule has 28 heavy (non-hydrogen) atoms. The molecule has 0 atom stereocenters. The number of nitrogens with one attached hydrogen (secondary N) is 2. The molecule has 0 unspecified atom stereocenters. The Morgan fingerprint density at radius 1 is 0.893 bits per heavy atom. The Morgan fingerprint density at radius 2 is 1.57 bits per heavy atom. The van der Waals surface area contributed by atoms with Gasteiger partial charge in [-0.05, 0) is 29.3 Å².